The Morgan fingerprint density at radius 1 is 0.814 bits per heavy atom. The number of hydrogen-bond donors (Lipinski definition) is 2. The summed E-state index contributed by atoms with van der Waals surface area (Å²) in [7, 11) is -8.47. The van der Waals surface area contributed by atoms with Crippen molar-refractivity contribution in [2.75, 3.05) is 31.3 Å². The van der Waals surface area contributed by atoms with Gasteiger partial charge in [0.15, 0.2) is 12.2 Å². The maximum absolute atomic E-state index is 12.4. The number of ether oxygens (including phenoxy) is 2. The van der Waals surface area contributed by atoms with E-state index in [0.717, 1.165) is 0 Å². The van der Waals surface area contributed by atoms with E-state index in [1.54, 1.807) is 62.4 Å². The van der Waals surface area contributed by atoms with Crippen LogP contribution < -0.4 is 0 Å². The molecule has 0 aliphatic rings. The topological polar surface area (TPSA) is 180 Å². The van der Waals surface area contributed by atoms with Crippen LogP contribution in [-0.4, -0.2) is 82.5 Å². The molecular weight excluding hydrogens is 604 g/mol. The number of aliphatic hydroxyl groups excluding tert-OH is 2. The van der Waals surface area contributed by atoms with Crippen molar-refractivity contribution < 1.29 is 54.5 Å². The van der Waals surface area contributed by atoms with Crippen LogP contribution >= 0.6 is 0 Å². The zero-order valence-corrected chi connectivity index (χ0v) is 27.1. The molecule has 43 heavy (non-hydrogen) atoms. The summed E-state index contributed by atoms with van der Waals surface area (Å²) in [6, 6.07) is 8.79. The lowest BCUT2D eigenvalue weighted by Gasteiger charge is -2.28. The fourth-order valence-electron chi connectivity index (χ4n) is 3.29. The van der Waals surface area contributed by atoms with E-state index in [0.29, 0.717) is 11.1 Å². The van der Waals surface area contributed by atoms with Crippen LogP contribution in [0.5, 0.6) is 0 Å². The Balaban J connectivity index is 2.55. The summed E-state index contributed by atoms with van der Waals surface area (Å²) in [5.41, 5.74) is -1.27. The third-order valence-corrected chi connectivity index (χ3v) is 8.82. The van der Waals surface area contributed by atoms with Gasteiger partial charge in [-0.3, -0.25) is 8.37 Å². The van der Waals surface area contributed by atoms with Crippen LogP contribution in [0.25, 0.3) is 0 Å². The van der Waals surface area contributed by atoms with E-state index in [1.165, 1.54) is 27.7 Å². The van der Waals surface area contributed by atoms with Gasteiger partial charge in [-0.15, -0.1) is 0 Å². The fraction of sp³-hybridized carbons (Fsp3) is 0.586. The van der Waals surface area contributed by atoms with E-state index in [9.17, 15) is 36.6 Å². The van der Waals surface area contributed by atoms with E-state index in [4.69, 9.17) is 17.8 Å². The van der Waals surface area contributed by atoms with Gasteiger partial charge in [-0.1, -0.05) is 76.3 Å². The van der Waals surface area contributed by atoms with E-state index in [-0.39, 0.29) is 19.6 Å². The standard InChI is InChI=1S/C29H44O12S2/c1-7-13-22(8-2)18-38-26(32)24(30)28(3,4)20-40-42(34,35)16-12-17-43(36,37)41-21-29(5,6)25(31)27(33)39-19-23-14-10-9-11-15-23/h7-11,13-15,24-25,30-31H,12,16-21H2,1-6H3. The summed E-state index contributed by atoms with van der Waals surface area (Å²) in [5, 5.41) is 20.8. The first-order chi connectivity index (χ1) is 19.9. The number of esters is 2. The van der Waals surface area contributed by atoms with Gasteiger partial charge >= 0.3 is 11.9 Å². The second-order valence-electron chi connectivity index (χ2n) is 11.2. The molecular formula is C29H44O12S2. The average molecular weight is 649 g/mol. The molecule has 2 atom stereocenters. The first-order valence-electron chi connectivity index (χ1n) is 13.6. The lowest BCUT2D eigenvalue weighted by atomic mass is 9.87. The number of carbonyl (C=O) groups is 2. The molecule has 1 aromatic rings. The Kier molecular flexibility index (Phi) is 15.2. The van der Waals surface area contributed by atoms with Crippen molar-refractivity contribution in [1.29, 1.82) is 0 Å². The fourth-order valence-corrected chi connectivity index (χ4v) is 5.67. The van der Waals surface area contributed by atoms with E-state index < -0.39 is 79.9 Å². The zero-order chi connectivity index (χ0) is 32.9. The molecule has 0 bridgehead atoms. The first-order valence-corrected chi connectivity index (χ1v) is 16.8. The quantitative estimate of drug-likeness (QED) is 0.127. The van der Waals surface area contributed by atoms with E-state index >= 15 is 0 Å². The predicted octanol–water partition coefficient (Wildman–Crippen LogP) is 2.65. The Labute approximate surface area is 254 Å². The molecule has 0 aliphatic heterocycles. The smallest absolute Gasteiger partial charge is 0.335 e. The summed E-state index contributed by atoms with van der Waals surface area (Å²) < 4.78 is 69.6. The van der Waals surface area contributed by atoms with Crippen LogP contribution in [0.15, 0.2) is 54.1 Å². The summed E-state index contributed by atoms with van der Waals surface area (Å²) in [6.07, 6.45) is 1.48. The number of rotatable bonds is 19. The molecule has 0 amide bonds. The van der Waals surface area contributed by atoms with Crippen LogP contribution in [-0.2, 0) is 54.3 Å². The molecule has 14 heteroatoms. The number of hydrogen-bond acceptors (Lipinski definition) is 12. The van der Waals surface area contributed by atoms with Gasteiger partial charge in [0.1, 0.15) is 13.2 Å². The summed E-state index contributed by atoms with van der Waals surface area (Å²) in [6.45, 7) is 7.97. The zero-order valence-electron chi connectivity index (χ0n) is 25.5. The highest BCUT2D eigenvalue weighted by Gasteiger charge is 2.38. The van der Waals surface area contributed by atoms with Crippen molar-refractivity contribution in [3.8, 4) is 0 Å². The van der Waals surface area contributed by atoms with E-state index in [1.807, 2.05) is 0 Å². The molecule has 0 heterocycles. The van der Waals surface area contributed by atoms with Crippen molar-refractivity contribution in [2.45, 2.75) is 66.8 Å². The molecule has 1 rings (SSSR count). The minimum Gasteiger partial charge on any atom is -0.459 e. The molecule has 0 aliphatic carbocycles. The third kappa shape index (κ3) is 14.1. The molecule has 244 valence electrons. The highest BCUT2D eigenvalue weighted by molar-refractivity contribution is 7.87. The average Bonchev–Trinajstić information content (AvgIpc) is 2.95. The van der Waals surface area contributed by atoms with Crippen molar-refractivity contribution in [1.82, 2.24) is 0 Å². The van der Waals surface area contributed by atoms with Crippen LogP contribution in [0, 0.1) is 10.8 Å². The molecule has 0 fully saturated rings. The normalized spacial score (nSPS) is 14.8. The number of aliphatic hydroxyl groups is 2. The monoisotopic (exact) mass is 648 g/mol. The maximum atomic E-state index is 12.4. The van der Waals surface area contributed by atoms with Gasteiger partial charge < -0.3 is 19.7 Å². The first kappa shape index (κ1) is 38.4. The van der Waals surface area contributed by atoms with Crippen molar-refractivity contribution >= 4 is 32.2 Å². The number of carbonyl (C=O) groups excluding carboxylic acids is 2. The molecule has 12 nitrogen and oxygen atoms in total. The summed E-state index contributed by atoms with van der Waals surface area (Å²) >= 11 is 0. The molecule has 0 spiro atoms. The summed E-state index contributed by atoms with van der Waals surface area (Å²) in [4.78, 5) is 24.5. The van der Waals surface area contributed by atoms with Gasteiger partial charge in [0.2, 0.25) is 0 Å². The van der Waals surface area contributed by atoms with Gasteiger partial charge in [-0.2, -0.15) is 16.8 Å². The van der Waals surface area contributed by atoms with Gasteiger partial charge in [-0.25, -0.2) is 9.59 Å². The molecule has 0 radical (unpaired) electrons. The minimum absolute atomic E-state index is 0.0724. The highest BCUT2D eigenvalue weighted by Crippen LogP contribution is 2.25. The highest BCUT2D eigenvalue weighted by atomic mass is 32.2. The van der Waals surface area contributed by atoms with Crippen molar-refractivity contribution in [3.05, 3.63) is 59.7 Å². The van der Waals surface area contributed by atoms with Gasteiger partial charge in [-0.05, 0) is 31.4 Å². The minimum atomic E-state index is -4.23. The Morgan fingerprint density at radius 3 is 1.72 bits per heavy atom. The molecule has 0 saturated carbocycles. The van der Waals surface area contributed by atoms with Crippen molar-refractivity contribution in [3.63, 3.8) is 0 Å². The van der Waals surface area contributed by atoms with E-state index in [2.05, 4.69) is 0 Å². The number of allylic oxidation sites excluding steroid dienone is 2. The van der Waals surface area contributed by atoms with Crippen LogP contribution in [0.1, 0.15) is 53.5 Å². The maximum Gasteiger partial charge on any atom is 0.335 e. The van der Waals surface area contributed by atoms with Crippen molar-refractivity contribution in [2.24, 2.45) is 10.8 Å². The molecule has 0 aromatic heterocycles. The van der Waals surface area contributed by atoms with Gasteiger partial charge in [0, 0.05) is 10.8 Å². The van der Waals surface area contributed by atoms with Gasteiger partial charge in [0.25, 0.3) is 20.2 Å². The van der Waals surface area contributed by atoms with Crippen LogP contribution in [0.2, 0.25) is 0 Å². The second-order valence-corrected chi connectivity index (χ2v) is 14.8. The third-order valence-electron chi connectivity index (χ3n) is 6.29. The van der Waals surface area contributed by atoms with Gasteiger partial charge in [0.05, 0.1) is 24.7 Å². The summed E-state index contributed by atoms with van der Waals surface area (Å²) in [5.74, 6) is -3.26. The van der Waals surface area contributed by atoms with Crippen LogP contribution in [0.3, 0.4) is 0 Å². The predicted molar refractivity (Wildman–Crippen MR) is 159 cm³/mol. The Bertz CT molecular complexity index is 1310. The lowest BCUT2D eigenvalue weighted by molar-refractivity contribution is -0.163. The molecule has 1 aromatic carbocycles. The SMILES string of the molecule is CC=CC(=CC)COC(=O)C(O)C(C)(C)COS(=O)(=O)CCCS(=O)(=O)OCC(C)(C)C(O)C(=O)OCc1ccccc1. The lowest BCUT2D eigenvalue weighted by Crippen LogP contribution is -2.42. The largest absolute Gasteiger partial charge is 0.459 e. The Hall–Kier alpha value is -2.62. The molecule has 0 saturated heterocycles. The second kappa shape index (κ2) is 17.0. The molecule has 2 unspecified atom stereocenters. The molecule has 2 N–H and O–H groups in total. The number of benzene rings is 1. The van der Waals surface area contributed by atoms with Crippen LogP contribution in [0.4, 0.5) is 0 Å². The Morgan fingerprint density at radius 2 is 1.28 bits per heavy atom.